The average molecular weight is 367 g/mol. The predicted molar refractivity (Wildman–Crippen MR) is 96.1 cm³/mol. The molecule has 8 nitrogen and oxygen atoms in total. The molecular weight excluding hydrogens is 342 g/mol. The van der Waals surface area contributed by atoms with Crippen LogP contribution in [-0.4, -0.2) is 64.0 Å². The van der Waals surface area contributed by atoms with Crippen molar-refractivity contribution in [2.75, 3.05) is 42.5 Å². The molecule has 1 aromatic heterocycles. The van der Waals surface area contributed by atoms with Crippen LogP contribution in [0.1, 0.15) is 34.1 Å². The van der Waals surface area contributed by atoms with Crippen molar-refractivity contribution in [1.29, 1.82) is 0 Å². The Morgan fingerprint density at radius 2 is 1.76 bits per heavy atom. The molecule has 1 atom stereocenters. The summed E-state index contributed by atoms with van der Waals surface area (Å²) in [5.74, 6) is 1.56. The Hall–Kier alpha value is -1.90. The molecule has 2 fully saturated rings. The standard InChI is InChI=1S/C16H25N5O3S/c1-11-5-6-21(14(11)22)13-12(17-25-18-13)19-7-9-20(10-8-19)15(23)24-16(2,3)4/h11H,5-10H2,1-4H3. The summed E-state index contributed by atoms with van der Waals surface area (Å²) in [6, 6.07) is 0. The molecule has 0 N–H and O–H groups in total. The molecule has 2 saturated heterocycles. The van der Waals surface area contributed by atoms with Gasteiger partial charge in [-0.3, -0.25) is 9.69 Å². The van der Waals surface area contributed by atoms with Gasteiger partial charge in [-0.25, -0.2) is 4.79 Å². The Kier molecular flexibility index (Phi) is 4.86. The van der Waals surface area contributed by atoms with E-state index in [2.05, 4.69) is 13.6 Å². The number of ether oxygens (including phenoxy) is 1. The predicted octanol–water partition coefficient (Wildman–Crippen LogP) is 1.97. The number of carbonyl (C=O) groups is 2. The summed E-state index contributed by atoms with van der Waals surface area (Å²) in [5.41, 5.74) is -0.493. The zero-order valence-electron chi connectivity index (χ0n) is 15.2. The molecule has 0 aromatic carbocycles. The summed E-state index contributed by atoms with van der Waals surface area (Å²) < 4.78 is 14.2. The monoisotopic (exact) mass is 367 g/mol. The van der Waals surface area contributed by atoms with Crippen molar-refractivity contribution in [1.82, 2.24) is 13.6 Å². The van der Waals surface area contributed by atoms with Crippen molar-refractivity contribution in [3.63, 3.8) is 0 Å². The van der Waals surface area contributed by atoms with Gasteiger partial charge in [-0.2, -0.15) is 8.75 Å². The Morgan fingerprint density at radius 1 is 1.12 bits per heavy atom. The lowest BCUT2D eigenvalue weighted by atomic mass is 10.1. The largest absolute Gasteiger partial charge is 0.444 e. The Morgan fingerprint density at radius 3 is 2.32 bits per heavy atom. The highest BCUT2D eigenvalue weighted by Gasteiger charge is 2.35. The molecule has 2 amide bonds. The van der Waals surface area contributed by atoms with Crippen LogP contribution >= 0.6 is 11.7 Å². The smallest absolute Gasteiger partial charge is 0.410 e. The summed E-state index contributed by atoms with van der Waals surface area (Å²) >= 11 is 1.12. The van der Waals surface area contributed by atoms with Gasteiger partial charge in [-0.1, -0.05) is 6.92 Å². The minimum absolute atomic E-state index is 0.0403. The van der Waals surface area contributed by atoms with Gasteiger partial charge in [0, 0.05) is 38.6 Å². The fourth-order valence-corrected chi connectivity index (χ4v) is 3.58. The van der Waals surface area contributed by atoms with Gasteiger partial charge in [0.2, 0.25) is 5.91 Å². The Labute approximate surface area is 152 Å². The molecule has 1 unspecified atom stereocenters. The first kappa shape index (κ1) is 17.9. The van der Waals surface area contributed by atoms with Crippen LogP contribution in [0.5, 0.6) is 0 Å². The van der Waals surface area contributed by atoms with E-state index in [4.69, 9.17) is 4.74 Å². The molecule has 0 aliphatic carbocycles. The van der Waals surface area contributed by atoms with Gasteiger partial charge >= 0.3 is 6.09 Å². The van der Waals surface area contributed by atoms with Gasteiger partial charge in [-0.05, 0) is 27.2 Å². The fraction of sp³-hybridized carbons (Fsp3) is 0.750. The number of nitrogens with zero attached hydrogens (tertiary/aromatic N) is 5. The molecule has 9 heteroatoms. The van der Waals surface area contributed by atoms with Crippen molar-refractivity contribution < 1.29 is 14.3 Å². The van der Waals surface area contributed by atoms with E-state index in [1.165, 1.54) is 0 Å². The van der Waals surface area contributed by atoms with Gasteiger partial charge < -0.3 is 14.5 Å². The topological polar surface area (TPSA) is 78.9 Å². The second kappa shape index (κ2) is 6.78. The molecule has 3 heterocycles. The number of aromatic nitrogens is 2. The summed E-state index contributed by atoms with van der Waals surface area (Å²) in [6.07, 6.45) is 0.565. The fourth-order valence-electron chi connectivity index (χ4n) is 3.01. The van der Waals surface area contributed by atoms with Gasteiger partial charge in [0.15, 0.2) is 11.6 Å². The first-order chi connectivity index (χ1) is 11.8. The van der Waals surface area contributed by atoms with E-state index in [-0.39, 0.29) is 17.9 Å². The van der Waals surface area contributed by atoms with Gasteiger partial charge in [0.05, 0.1) is 11.7 Å². The summed E-state index contributed by atoms with van der Waals surface area (Å²) in [4.78, 5) is 30.0. The van der Waals surface area contributed by atoms with Crippen molar-refractivity contribution in [2.45, 2.75) is 39.7 Å². The molecule has 25 heavy (non-hydrogen) atoms. The SMILES string of the molecule is CC1CCN(c2nsnc2N2CCN(C(=O)OC(C)(C)C)CC2)C1=O. The molecule has 0 bridgehead atoms. The summed E-state index contributed by atoms with van der Waals surface area (Å²) in [7, 11) is 0. The van der Waals surface area contributed by atoms with Crippen LogP contribution < -0.4 is 9.80 Å². The second-order valence-electron chi connectivity index (χ2n) is 7.55. The molecule has 3 rings (SSSR count). The maximum absolute atomic E-state index is 12.3. The number of hydrogen-bond donors (Lipinski definition) is 0. The van der Waals surface area contributed by atoms with E-state index in [9.17, 15) is 9.59 Å². The molecular formula is C16H25N5O3S. The lowest BCUT2D eigenvalue weighted by Gasteiger charge is -2.36. The highest BCUT2D eigenvalue weighted by Crippen LogP contribution is 2.32. The first-order valence-corrected chi connectivity index (χ1v) is 9.36. The number of anilines is 2. The molecule has 138 valence electrons. The lowest BCUT2D eigenvalue weighted by Crippen LogP contribution is -2.50. The van der Waals surface area contributed by atoms with Gasteiger partial charge in [0.25, 0.3) is 0 Å². The molecule has 2 aliphatic heterocycles. The Bertz CT molecular complexity index is 648. The minimum Gasteiger partial charge on any atom is -0.444 e. The van der Waals surface area contributed by atoms with Crippen molar-refractivity contribution in [3.8, 4) is 0 Å². The normalized spacial score (nSPS) is 21.8. The van der Waals surface area contributed by atoms with Crippen LogP contribution in [0.4, 0.5) is 16.4 Å². The lowest BCUT2D eigenvalue weighted by molar-refractivity contribution is -0.119. The second-order valence-corrected chi connectivity index (χ2v) is 8.07. The van der Waals surface area contributed by atoms with Crippen molar-refractivity contribution >= 4 is 35.4 Å². The number of hydrogen-bond acceptors (Lipinski definition) is 7. The maximum Gasteiger partial charge on any atom is 0.410 e. The van der Waals surface area contributed by atoms with Crippen molar-refractivity contribution in [3.05, 3.63) is 0 Å². The summed E-state index contributed by atoms with van der Waals surface area (Å²) in [5, 5.41) is 0. The maximum atomic E-state index is 12.3. The van der Waals surface area contributed by atoms with E-state index in [1.807, 2.05) is 27.7 Å². The van der Waals surface area contributed by atoms with Gasteiger partial charge in [0.1, 0.15) is 5.60 Å². The van der Waals surface area contributed by atoms with E-state index in [0.29, 0.717) is 38.5 Å². The number of carbonyl (C=O) groups excluding carboxylic acids is 2. The van der Waals surface area contributed by atoms with Crippen LogP contribution in [0.15, 0.2) is 0 Å². The third kappa shape index (κ3) is 3.86. The molecule has 1 aromatic rings. The van der Waals surface area contributed by atoms with E-state index < -0.39 is 5.60 Å². The van der Waals surface area contributed by atoms with E-state index >= 15 is 0 Å². The van der Waals surface area contributed by atoms with E-state index in [0.717, 1.165) is 24.0 Å². The highest BCUT2D eigenvalue weighted by molar-refractivity contribution is 6.99. The zero-order chi connectivity index (χ0) is 18.2. The molecule has 2 aliphatic rings. The third-order valence-corrected chi connectivity index (χ3v) is 4.92. The van der Waals surface area contributed by atoms with Crippen LogP contribution in [0.2, 0.25) is 0 Å². The first-order valence-electron chi connectivity index (χ1n) is 8.63. The van der Waals surface area contributed by atoms with Crippen LogP contribution in [0.25, 0.3) is 0 Å². The minimum atomic E-state index is -0.493. The Balaban J connectivity index is 1.64. The molecule has 0 radical (unpaired) electrons. The zero-order valence-corrected chi connectivity index (χ0v) is 16.0. The van der Waals surface area contributed by atoms with Crippen molar-refractivity contribution in [2.24, 2.45) is 5.92 Å². The quantitative estimate of drug-likeness (QED) is 0.795. The number of piperazine rings is 1. The third-order valence-electron chi connectivity index (χ3n) is 4.41. The summed E-state index contributed by atoms with van der Waals surface area (Å²) in [6.45, 7) is 10.7. The number of rotatable bonds is 2. The van der Waals surface area contributed by atoms with Crippen LogP contribution in [0, 0.1) is 5.92 Å². The van der Waals surface area contributed by atoms with Crippen LogP contribution in [-0.2, 0) is 9.53 Å². The van der Waals surface area contributed by atoms with Crippen LogP contribution in [0.3, 0.4) is 0 Å². The van der Waals surface area contributed by atoms with Gasteiger partial charge in [-0.15, -0.1) is 0 Å². The van der Waals surface area contributed by atoms with E-state index in [1.54, 1.807) is 9.80 Å². The number of amides is 2. The highest BCUT2D eigenvalue weighted by atomic mass is 32.1. The molecule has 0 spiro atoms. The average Bonchev–Trinajstić information content (AvgIpc) is 3.14. The molecule has 0 saturated carbocycles.